The van der Waals surface area contributed by atoms with Crippen molar-refractivity contribution in [2.24, 2.45) is 0 Å². The highest BCUT2D eigenvalue weighted by atomic mass is 32.2. The Morgan fingerprint density at radius 2 is 2.05 bits per heavy atom. The standard InChI is InChI=1S/C13H14N4O2S/c1-3-14-13-15-8-11(17(18)19)12(16-13)20-10-6-4-9(2)5-7-10/h4-8H,3H2,1-2H3,(H,14,15,16). The predicted molar refractivity (Wildman–Crippen MR) is 78.2 cm³/mol. The van der Waals surface area contributed by atoms with Gasteiger partial charge in [-0.3, -0.25) is 10.1 Å². The predicted octanol–water partition coefficient (Wildman–Crippen LogP) is 3.28. The molecule has 2 rings (SSSR count). The minimum atomic E-state index is -0.466. The molecule has 104 valence electrons. The summed E-state index contributed by atoms with van der Waals surface area (Å²) in [5.74, 6) is 0.396. The van der Waals surface area contributed by atoms with Crippen LogP contribution < -0.4 is 5.32 Å². The molecule has 0 unspecified atom stereocenters. The van der Waals surface area contributed by atoms with Crippen molar-refractivity contribution in [1.82, 2.24) is 9.97 Å². The first-order valence-corrected chi connectivity index (χ1v) is 6.91. The third-order valence-corrected chi connectivity index (χ3v) is 3.50. The molecule has 0 saturated heterocycles. The molecule has 0 radical (unpaired) electrons. The molecule has 2 aromatic rings. The van der Waals surface area contributed by atoms with Gasteiger partial charge >= 0.3 is 5.69 Å². The van der Waals surface area contributed by atoms with Crippen molar-refractivity contribution in [3.63, 3.8) is 0 Å². The fourth-order valence-corrected chi connectivity index (χ4v) is 2.38. The molecule has 0 atom stereocenters. The third kappa shape index (κ3) is 3.45. The Morgan fingerprint density at radius 1 is 1.35 bits per heavy atom. The summed E-state index contributed by atoms with van der Waals surface area (Å²) in [6.45, 7) is 4.56. The SMILES string of the molecule is CCNc1ncc([N+](=O)[O-])c(Sc2ccc(C)cc2)n1. The van der Waals surface area contributed by atoms with E-state index in [4.69, 9.17) is 0 Å². The van der Waals surface area contributed by atoms with Crippen molar-refractivity contribution in [2.45, 2.75) is 23.8 Å². The van der Waals surface area contributed by atoms with E-state index in [1.807, 2.05) is 38.1 Å². The van der Waals surface area contributed by atoms with Gasteiger partial charge in [0, 0.05) is 11.4 Å². The van der Waals surface area contributed by atoms with Crippen molar-refractivity contribution >= 4 is 23.4 Å². The van der Waals surface area contributed by atoms with Crippen molar-refractivity contribution in [3.8, 4) is 0 Å². The van der Waals surface area contributed by atoms with E-state index in [-0.39, 0.29) is 5.69 Å². The van der Waals surface area contributed by atoms with E-state index >= 15 is 0 Å². The van der Waals surface area contributed by atoms with Crippen LogP contribution in [-0.4, -0.2) is 21.4 Å². The number of nitro groups is 1. The molecule has 1 aromatic carbocycles. The van der Waals surface area contributed by atoms with Crippen LogP contribution >= 0.6 is 11.8 Å². The number of nitrogens with one attached hydrogen (secondary N) is 1. The Balaban J connectivity index is 2.34. The molecule has 7 heteroatoms. The van der Waals surface area contributed by atoms with Crippen LogP contribution in [0, 0.1) is 17.0 Å². The molecule has 0 aliphatic carbocycles. The van der Waals surface area contributed by atoms with Crippen molar-refractivity contribution < 1.29 is 4.92 Å². The van der Waals surface area contributed by atoms with Crippen molar-refractivity contribution in [1.29, 1.82) is 0 Å². The first-order valence-electron chi connectivity index (χ1n) is 6.10. The zero-order chi connectivity index (χ0) is 14.5. The number of hydrogen-bond acceptors (Lipinski definition) is 6. The molecule has 0 aliphatic heterocycles. The topological polar surface area (TPSA) is 81.0 Å². The van der Waals surface area contributed by atoms with E-state index in [1.54, 1.807) is 0 Å². The average molecular weight is 290 g/mol. The summed E-state index contributed by atoms with van der Waals surface area (Å²) in [7, 11) is 0. The zero-order valence-electron chi connectivity index (χ0n) is 11.2. The normalized spacial score (nSPS) is 10.3. The minimum absolute atomic E-state index is 0.0859. The lowest BCUT2D eigenvalue weighted by molar-refractivity contribution is -0.388. The Morgan fingerprint density at radius 3 is 2.65 bits per heavy atom. The minimum Gasteiger partial charge on any atom is -0.354 e. The fourth-order valence-electron chi connectivity index (χ4n) is 1.52. The first-order chi connectivity index (χ1) is 9.60. The fraction of sp³-hybridized carbons (Fsp3) is 0.231. The lowest BCUT2D eigenvalue weighted by Crippen LogP contribution is -2.04. The quantitative estimate of drug-likeness (QED) is 0.517. The maximum Gasteiger partial charge on any atom is 0.320 e. The maximum absolute atomic E-state index is 11.0. The monoisotopic (exact) mass is 290 g/mol. The van der Waals surface area contributed by atoms with Crippen molar-refractivity contribution in [2.75, 3.05) is 11.9 Å². The van der Waals surface area contributed by atoms with Gasteiger partial charge < -0.3 is 5.32 Å². The molecule has 6 nitrogen and oxygen atoms in total. The highest BCUT2D eigenvalue weighted by molar-refractivity contribution is 7.99. The second-order valence-electron chi connectivity index (χ2n) is 4.09. The van der Waals surface area contributed by atoms with Gasteiger partial charge in [-0.15, -0.1) is 0 Å². The van der Waals surface area contributed by atoms with Gasteiger partial charge in [0.05, 0.1) is 4.92 Å². The zero-order valence-corrected chi connectivity index (χ0v) is 12.0. The number of anilines is 1. The van der Waals surface area contributed by atoms with Crippen LogP contribution in [0.15, 0.2) is 40.4 Å². The van der Waals surface area contributed by atoms with Crippen LogP contribution in [0.3, 0.4) is 0 Å². The van der Waals surface area contributed by atoms with Crippen LogP contribution in [0.5, 0.6) is 0 Å². The molecule has 0 saturated carbocycles. The van der Waals surface area contributed by atoms with Gasteiger partial charge in [0.25, 0.3) is 0 Å². The van der Waals surface area contributed by atoms with Gasteiger partial charge in [-0.25, -0.2) is 4.98 Å². The summed E-state index contributed by atoms with van der Waals surface area (Å²) >= 11 is 1.26. The highest BCUT2D eigenvalue weighted by Crippen LogP contribution is 2.33. The second-order valence-corrected chi connectivity index (χ2v) is 5.15. The van der Waals surface area contributed by atoms with Crippen LogP contribution in [0.2, 0.25) is 0 Å². The molecule has 0 spiro atoms. The van der Waals surface area contributed by atoms with Gasteiger partial charge in [0.1, 0.15) is 6.20 Å². The van der Waals surface area contributed by atoms with E-state index in [0.29, 0.717) is 17.5 Å². The summed E-state index contributed by atoms with van der Waals surface area (Å²) in [6, 6.07) is 7.75. The van der Waals surface area contributed by atoms with Gasteiger partial charge in [-0.2, -0.15) is 4.98 Å². The van der Waals surface area contributed by atoms with Crippen LogP contribution in [0.25, 0.3) is 0 Å². The molecule has 0 fully saturated rings. The number of nitrogens with zero attached hydrogens (tertiary/aromatic N) is 3. The molecule has 0 amide bonds. The number of benzene rings is 1. The lowest BCUT2D eigenvalue weighted by Gasteiger charge is -2.05. The highest BCUT2D eigenvalue weighted by Gasteiger charge is 2.18. The molecule has 1 N–H and O–H groups in total. The van der Waals surface area contributed by atoms with Gasteiger partial charge in [0.2, 0.25) is 5.95 Å². The summed E-state index contributed by atoms with van der Waals surface area (Å²) < 4.78 is 0. The van der Waals surface area contributed by atoms with Crippen LogP contribution in [-0.2, 0) is 0 Å². The maximum atomic E-state index is 11.0. The molecule has 1 aromatic heterocycles. The van der Waals surface area contributed by atoms with Gasteiger partial charge in [-0.05, 0) is 26.0 Å². The lowest BCUT2D eigenvalue weighted by atomic mass is 10.2. The summed E-state index contributed by atoms with van der Waals surface area (Å²) in [6.07, 6.45) is 1.24. The van der Waals surface area contributed by atoms with E-state index in [0.717, 1.165) is 10.5 Å². The van der Waals surface area contributed by atoms with Gasteiger partial charge in [0.15, 0.2) is 5.03 Å². The number of rotatable bonds is 5. The Hall–Kier alpha value is -2.15. The van der Waals surface area contributed by atoms with E-state index in [1.165, 1.54) is 18.0 Å². The second kappa shape index (κ2) is 6.33. The first kappa shape index (κ1) is 14.3. The largest absolute Gasteiger partial charge is 0.354 e. The van der Waals surface area contributed by atoms with Crippen LogP contribution in [0.1, 0.15) is 12.5 Å². The Kier molecular flexibility index (Phi) is 4.52. The molecule has 1 heterocycles. The van der Waals surface area contributed by atoms with E-state index in [9.17, 15) is 10.1 Å². The smallest absolute Gasteiger partial charge is 0.320 e. The summed E-state index contributed by atoms with van der Waals surface area (Å²) in [4.78, 5) is 19.6. The van der Waals surface area contributed by atoms with Crippen molar-refractivity contribution in [3.05, 3.63) is 46.1 Å². The van der Waals surface area contributed by atoms with Crippen LogP contribution in [0.4, 0.5) is 11.6 Å². The number of hydrogen-bond donors (Lipinski definition) is 1. The Bertz CT molecular complexity index is 616. The summed E-state index contributed by atoms with van der Waals surface area (Å²) in [5.41, 5.74) is 1.05. The molecule has 0 aliphatic rings. The van der Waals surface area contributed by atoms with E-state index in [2.05, 4.69) is 15.3 Å². The van der Waals surface area contributed by atoms with E-state index < -0.39 is 4.92 Å². The molecular formula is C13H14N4O2S. The van der Waals surface area contributed by atoms with Gasteiger partial charge in [-0.1, -0.05) is 29.5 Å². The average Bonchev–Trinajstić information content (AvgIpc) is 2.42. The Labute approximate surface area is 120 Å². The molecular weight excluding hydrogens is 276 g/mol. The third-order valence-electron chi connectivity index (χ3n) is 2.50. The summed E-state index contributed by atoms with van der Waals surface area (Å²) in [5, 5.41) is 14.3. The molecule has 0 bridgehead atoms. The number of aryl methyl sites for hydroxylation is 1. The molecule has 20 heavy (non-hydrogen) atoms. The number of aromatic nitrogens is 2.